The van der Waals surface area contributed by atoms with Gasteiger partial charge in [-0.25, -0.2) is 4.79 Å². The van der Waals surface area contributed by atoms with Gasteiger partial charge in [-0.3, -0.25) is 4.79 Å². The van der Waals surface area contributed by atoms with E-state index < -0.39 is 29.5 Å². The summed E-state index contributed by atoms with van der Waals surface area (Å²) in [7, 11) is 0. The number of hydrogen-bond donors (Lipinski definition) is 2. The minimum Gasteiger partial charge on any atom is -0.444 e. The number of carbonyl (C=O) groups excluding carboxylic acids is 2. The summed E-state index contributed by atoms with van der Waals surface area (Å²) in [6.45, 7) is 8.27. The standard InChI is InChI=1S/C36H44F3N3O4/c1-23-11-13-25(14-12-23)33(43)42(20-8-19-40-34(44)46-35(2,3)4)22-27-16-17-28-31(24-9-6-5-7-10-24)41-30-18-15-26(36(37,38)39)21-29(30)32(28)45-27/h5-7,9,11-15,18,21,24,27-28,31-32,41H,8,10,16-17,19-20,22H2,1-4H3,(H,40,44)/t24?,27-,28+,31+,32+/m1/s1. The van der Waals surface area contributed by atoms with Crippen LogP contribution in [0.4, 0.5) is 23.7 Å². The van der Waals surface area contributed by atoms with Gasteiger partial charge in [-0.2, -0.15) is 13.2 Å². The smallest absolute Gasteiger partial charge is 0.416 e. The number of alkyl carbamates (subject to hydrolysis) is 1. The molecule has 1 aliphatic carbocycles. The van der Waals surface area contributed by atoms with E-state index in [9.17, 15) is 22.8 Å². The number of nitrogens with one attached hydrogen (secondary N) is 2. The number of benzene rings is 2. The summed E-state index contributed by atoms with van der Waals surface area (Å²) in [5, 5.41) is 6.31. The Balaban J connectivity index is 1.35. The van der Waals surface area contributed by atoms with Gasteiger partial charge in [0.05, 0.1) is 17.8 Å². The van der Waals surface area contributed by atoms with E-state index in [4.69, 9.17) is 9.47 Å². The van der Waals surface area contributed by atoms with Crippen LogP contribution in [0.2, 0.25) is 0 Å². The fourth-order valence-corrected chi connectivity index (χ4v) is 6.57. The molecule has 1 saturated heterocycles. The van der Waals surface area contributed by atoms with Crippen molar-refractivity contribution in [3.63, 3.8) is 0 Å². The number of nitrogens with zero attached hydrogens (tertiary/aromatic N) is 1. The van der Waals surface area contributed by atoms with E-state index in [1.165, 1.54) is 12.1 Å². The van der Waals surface area contributed by atoms with Crippen molar-refractivity contribution in [3.05, 3.63) is 89.0 Å². The maximum Gasteiger partial charge on any atom is 0.416 e. The predicted octanol–water partition coefficient (Wildman–Crippen LogP) is 7.83. The number of amides is 2. The zero-order valence-corrected chi connectivity index (χ0v) is 26.9. The van der Waals surface area contributed by atoms with Gasteiger partial charge in [0.2, 0.25) is 0 Å². The van der Waals surface area contributed by atoms with Gasteiger partial charge in [0.15, 0.2) is 0 Å². The first-order valence-electron chi connectivity index (χ1n) is 16.1. The Morgan fingerprint density at radius 1 is 1.07 bits per heavy atom. The molecule has 10 heteroatoms. The van der Waals surface area contributed by atoms with Gasteiger partial charge in [0, 0.05) is 54.3 Å². The number of hydrogen-bond acceptors (Lipinski definition) is 5. The van der Waals surface area contributed by atoms with Crippen molar-refractivity contribution in [1.82, 2.24) is 10.2 Å². The Bertz CT molecular complexity index is 1450. The maximum absolute atomic E-state index is 13.8. The van der Waals surface area contributed by atoms with Crippen LogP contribution in [-0.2, 0) is 15.7 Å². The lowest BCUT2D eigenvalue weighted by Gasteiger charge is -2.48. The zero-order chi connectivity index (χ0) is 33.1. The molecule has 248 valence electrons. The molecular formula is C36H44F3N3O4. The van der Waals surface area contributed by atoms with Crippen molar-refractivity contribution < 1.29 is 32.2 Å². The monoisotopic (exact) mass is 639 g/mol. The summed E-state index contributed by atoms with van der Waals surface area (Å²) in [5.41, 5.74) is 1.42. The van der Waals surface area contributed by atoms with Crippen LogP contribution in [0.25, 0.3) is 0 Å². The van der Waals surface area contributed by atoms with Gasteiger partial charge in [-0.1, -0.05) is 42.0 Å². The molecule has 1 unspecified atom stereocenters. The number of rotatable bonds is 8. The van der Waals surface area contributed by atoms with Crippen LogP contribution in [0.15, 0.2) is 66.8 Å². The Morgan fingerprint density at radius 2 is 1.83 bits per heavy atom. The normalized spacial score (nSPS) is 23.9. The minimum absolute atomic E-state index is 0.000564. The van der Waals surface area contributed by atoms with Crippen LogP contribution < -0.4 is 10.6 Å². The van der Waals surface area contributed by atoms with Gasteiger partial charge in [-0.15, -0.1) is 0 Å². The molecule has 5 atom stereocenters. The second kappa shape index (κ2) is 13.9. The fourth-order valence-electron chi connectivity index (χ4n) is 6.57. The second-order valence-electron chi connectivity index (χ2n) is 13.5. The third-order valence-electron chi connectivity index (χ3n) is 8.78. The van der Waals surface area contributed by atoms with Gasteiger partial charge in [-0.05, 0) is 83.7 Å². The number of anilines is 1. The lowest BCUT2D eigenvalue weighted by atomic mass is 9.73. The molecule has 2 aromatic carbocycles. The molecule has 2 N–H and O–H groups in total. The molecule has 7 nitrogen and oxygen atoms in total. The number of aryl methyl sites for hydroxylation is 1. The van der Waals surface area contributed by atoms with E-state index >= 15 is 0 Å². The molecule has 0 aromatic heterocycles. The number of allylic oxidation sites excluding steroid dienone is 3. The molecule has 46 heavy (non-hydrogen) atoms. The van der Waals surface area contributed by atoms with Crippen LogP contribution in [0.1, 0.15) is 79.6 Å². The molecule has 0 bridgehead atoms. The molecular weight excluding hydrogens is 595 g/mol. The highest BCUT2D eigenvalue weighted by Crippen LogP contribution is 2.49. The summed E-state index contributed by atoms with van der Waals surface area (Å²) in [4.78, 5) is 27.6. The van der Waals surface area contributed by atoms with Crippen LogP contribution in [0.5, 0.6) is 0 Å². The van der Waals surface area contributed by atoms with Crippen molar-refractivity contribution in [2.75, 3.05) is 25.0 Å². The van der Waals surface area contributed by atoms with Gasteiger partial charge < -0.3 is 25.0 Å². The van der Waals surface area contributed by atoms with Crippen LogP contribution >= 0.6 is 0 Å². The van der Waals surface area contributed by atoms with E-state index in [2.05, 4.69) is 22.8 Å². The number of carbonyl (C=O) groups is 2. The molecule has 1 fully saturated rings. The van der Waals surface area contributed by atoms with E-state index in [0.717, 1.165) is 24.5 Å². The SMILES string of the molecule is Cc1ccc(C(=O)N(CCCNC(=O)OC(C)(C)C)C[C@H]2CC[C@@H]3[C@H](O2)c2cc(C(F)(F)F)ccc2N[C@H]3C2C=CC=CC2)cc1. The molecule has 2 amide bonds. The summed E-state index contributed by atoms with van der Waals surface area (Å²) in [6, 6.07) is 11.2. The maximum atomic E-state index is 13.8. The molecule has 3 aliphatic rings. The quantitative estimate of drug-likeness (QED) is 0.288. The molecule has 2 heterocycles. The Hall–Kier alpha value is -3.79. The molecule has 5 rings (SSSR count). The minimum atomic E-state index is -4.48. The third-order valence-corrected chi connectivity index (χ3v) is 8.78. The van der Waals surface area contributed by atoms with Crippen LogP contribution in [0.3, 0.4) is 0 Å². The Kier molecular flexibility index (Phi) is 10.2. The average molecular weight is 640 g/mol. The largest absolute Gasteiger partial charge is 0.444 e. The zero-order valence-electron chi connectivity index (χ0n) is 26.9. The van der Waals surface area contributed by atoms with Crippen molar-refractivity contribution in [2.24, 2.45) is 11.8 Å². The molecule has 0 spiro atoms. The van der Waals surface area contributed by atoms with Crippen molar-refractivity contribution in [2.45, 2.75) is 83.4 Å². The average Bonchev–Trinajstić information content (AvgIpc) is 3.01. The van der Waals surface area contributed by atoms with Crippen LogP contribution in [0, 0.1) is 18.8 Å². The molecule has 0 saturated carbocycles. The van der Waals surface area contributed by atoms with Crippen LogP contribution in [-0.4, -0.2) is 54.3 Å². The number of fused-ring (bicyclic) bond motifs is 3. The summed E-state index contributed by atoms with van der Waals surface area (Å²) in [5.74, 6) is -0.0112. The summed E-state index contributed by atoms with van der Waals surface area (Å²) >= 11 is 0. The fraction of sp³-hybridized carbons (Fsp3) is 0.500. The van der Waals surface area contributed by atoms with E-state index in [-0.39, 0.29) is 36.4 Å². The van der Waals surface area contributed by atoms with E-state index in [1.54, 1.807) is 37.8 Å². The lowest BCUT2D eigenvalue weighted by Crippen LogP contribution is -2.49. The third kappa shape index (κ3) is 8.32. The second-order valence-corrected chi connectivity index (χ2v) is 13.5. The first kappa shape index (κ1) is 33.6. The van der Waals surface area contributed by atoms with Crippen molar-refractivity contribution >= 4 is 17.7 Å². The summed E-state index contributed by atoms with van der Waals surface area (Å²) in [6.07, 6.45) is 5.10. The molecule has 0 radical (unpaired) electrons. The van der Waals surface area contributed by atoms with Gasteiger partial charge in [0.1, 0.15) is 5.60 Å². The van der Waals surface area contributed by atoms with E-state index in [1.807, 2.05) is 31.2 Å². The molecule has 2 aliphatic heterocycles. The van der Waals surface area contributed by atoms with Gasteiger partial charge in [0.25, 0.3) is 5.91 Å². The first-order valence-corrected chi connectivity index (χ1v) is 16.1. The Morgan fingerprint density at radius 3 is 2.50 bits per heavy atom. The van der Waals surface area contributed by atoms with Crippen molar-refractivity contribution in [1.29, 1.82) is 0 Å². The highest BCUT2D eigenvalue weighted by atomic mass is 19.4. The Labute approximate surface area is 269 Å². The summed E-state index contributed by atoms with van der Waals surface area (Å²) < 4.78 is 53.4. The number of alkyl halides is 3. The highest BCUT2D eigenvalue weighted by molar-refractivity contribution is 5.94. The predicted molar refractivity (Wildman–Crippen MR) is 172 cm³/mol. The van der Waals surface area contributed by atoms with E-state index in [0.29, 0.717) is 42.7 Å². The highest BCUT2D eigenvalue weighted by Gasteiger charge is 2.45. The number of ether oxygens (including phenoxy) is 2. The number of halogens is 3. The lowest BCUT2D eigenvalue weighted by molar-refractivity contribution is -0.138. The van der Waals surface area contributed by atoms with Crippen molar-refractivity contribution in [3.8, 4) is 0 Å². The molecule has 2 aromatic rings. The first-order chi connectivity index (χ1) is 21.8. The topological polar surface area (TPSA) is 79.9 Å². The van der Waals surface area contributed by atoms with Gasteiger partial charge >= 0.3 is 12.3 Å².